The van der Waals surface area contributed by atoms with Gasteiger partial charge in [0.2, 0.25) is 0 Å². The van der Waals surface area contributed by atoms with Gasteiger partial charge in [0.05, 0.1) is 5.02 Å². The quantitative estimate of drug-likeness (QED) is 0.531. The van der Waals surface area contributed by atoms with Gasteiger partial charge in [0.25, 0.3) is 5.91 Å². The molecule has 2 aliphatic heterocycles. The molecule has 0 unspecified atom stereocenters. The van der Waals surface area contributed by atoms with E-state index in [1.165, 1.54) is 5.56 Å². The van der Waals surface area contributed by atoms with Crippen molar-refractivity contribution in [3.8, 4) is 5.75 Å². The molecule has 2 aromatic carbocycles. The van der Waals surface area contributed by atoms with E-state index in [0.29, 0.717) is 16.1 Å². The molecule has 0 atom stereocenters. The van der Waals surface area contributed by atoms with Gasteiger partial charge in [-0.3, -0.25) is 9.69 Å². The molecule has 0 aromatic heterocycles. The van der Waals surface area contributed by atoms with Crippen LogP contribution in [0.25, 0.3) is 0 Å². The van der Waals surface area contributed by atoms with Gasteiger partial charge in [0.15, 0.2) is 0 Å². The van der Waals surface area contributed by atoms with E-state index >= 15 is 0 Å². The average Bonchev–Trinajstić information content (AvgIpc) is 2.84. The van der Waals surface area contributed by atoms with Crippen LogP contribution in [-0.4, -0.2) is 54.0 Å². The van der Waals surface area contributed by atoms with Crippen LogP contribution in [0.3, 0.4) is 0 Å². The summed E-state index contributed by atoms with van der Waals surface area (Å²) in [5.74, 6) is 0.888. The number of nitrogens with zero attached hydrogens (tertiary/aromatic N) is 2. The molecule has 1 amide bonds. The van der Waals surface area contributed by atoms with Gasteiger partial charge in [-0.2, -0.15) is 0 Å². The Hall–Kier alpha value is -1.75. The lowest BCUT2D eigenvalue weighted by Gasteiger charge is -2.41. The molecule has 0 radical (unpaired) electrons. The van der Waals surface area contributed by atoms with Crippen LogP contribution >= 0.6 is 23.2 Å². The summed E-state index contributed by atoms with van der Waals surface area (Å²) in [6.45, 7) is 7.74. The van der Waals surface area contributed by atoms with Crippen LogP contribution in [0.4, 0.5) is 0 Å². The van der Waals surface area contributed by atoms with Crippen molar-refractivity contribution in [2.45, 2.75) is 58.1 Å². The van der Waals surface area contributed by atoms with Crippen LogP contribution in [0.2, 0.25) is 10.0 Å². The lowest BCUT2D eigenvalue weighted by Crippen LogP contribution is -2.50. The van der Waals surface area contributed by atoms with E-state index in [1.807, 2.05) is 36.1 Å². The molecule has 0 aliphatic carbocycles. The molecule has 0 saturated carbocycles. The third kappa shape index (κ3) is 5.24. The van der Waals surface area contributed by atoms with Crippen molar-refractivity contribution >= 4 is 29.1 Å². The molecule has 2 saturated heterocycles. The average molecular weight is 475 g/mol. The lowest BCUT2D eigenvalue weighted by molar-refractivity contribution is 0.0425. The normalized spacial score (nSPS) is 18.7. The van der Waals surface area contributed by atoms with Gasteiger partial charge >= 0.3 is 0 Å². The Balaban J connectivity index is 1.25. The van der Waals surface area contributed by atoms with Crippen molar-refractivity contribution in [3.05, 3.63) is 63.1 Å². The molecule has 0 spiro atoms. The number of benzene rings is 2. The number of halogens is 2. The minimum Gasteiger partial charge on any atom is -0.489 e. The topological polar surface area (TPSA) is 32.8 Å². The summed E-state index contributed by atoms with van der Waals surface area (Å²) in [5.41, 5.74) is 2.93. The highest BCUT2D eigenvalue weighted by Gasteiger charge is 2.30. The summed E-state index contributed by atoms with van der Waals surface area (Å²) in [4.78, 5) is 17.4. The number of aryl methyl sites for hydroxylation is 1. The van der Waals surface area contributed by atoms with Gasteiger partial charge in [0.1, 0.15) is 11.9 Å². The Morgan fingerprint density at radius 1 is 0.969 bits per heavy atom. The highest BCUT2D eigenvalue weighted by Crippen LogP contribution is 2.34. The molecule has 4 nitrogen and oxygen atoms in total. The van der Waals surface area contributed by atoms with Crippen LogP contribution < -0.4 is 4.74 Å². The molecular formula is C26H32Cl2N2O2. The Kier molecular flexibility index (Phi) is 7.65. The zero-order chi connectivity index (χ0) is 22.7. The molecular weight excluding hydrogens is 443 g/mol. The zero-order valence-corrected chi connectivity index (χ0v) is 20.5. The maximum absolute atomic E-state index is 12.8. The summed E-state index contributed by atoms with van der Waals surface area (Å²) in [5, 5.41) is 1.28. The predicted molar refractivity (Wildman–Crippen MR) is 131 cm³/mol. The standard InChI is InChI=1S/C26H32Cl2N2O2/c1-3-19-4-6-20(7-5-19)26(31)30-14-10-21(11-15-30)29-16-12-22(13-17-29)32-24-9-8-23(27)18(2)25(24)28/h4-9,21-22H,3,10-17H2,1-2H3. The first-order valence-electron chi connectivity index (χ1n) is 11.7. The second-order valence-electron chi connectivity index (χ2n) is 8.91. The molecule has 4 rings (SSSR count). The van der Waals surface area contributed by atoms with Gasteiger partial charge in [-0.25, -0.2) is 0 Å². The number of hydrogen-bond donors (Lipinski definition) is 0. The van der Waals surface area contributed by atoms with Gasteiger partial charge in [-0.05, 0) is 74.4 Å². The van der Waals surface area contributed by atoms with E-state index < -0.39 is 0 Å². The Morgan fingerprint density at radius 2 is 1.62 bits per heavy atom. The van der Waals surface area contributed by atoms with E-state index in [4.69, 9.17) is 27.9 Å². The summed E-state index contributed by atoms with van der Waals surface area (Å²) in [6.07, 6.45) is 5.21. The zero-order valence-electron chi connectivity index (χ0n) is 18.9. The van der Waals surface area contributed by atoms with Crippen LogP contribution in [0, 0.1) is 6.92 Å². The van der Waals surface area contributed by atoms with Crippen molar-refractivity contribution in [1.82, 2.24) is 9.80 Å². The van der Waals surface area contributed by atoms with Crippen molar-refractivity contribution in [3.63, 3.8) is 0 Å². The maximum Gasteiger partial charge on any atom is 0.253 e. The third-order valence-electron chi connectivity index (χ3n) is 6.93. The number of hydrogen-bond acceptors (Lipinski definition) is 3. The van der Waals surface area contributed by atoms with Gasteiger partial charge in [0, 0.05) is 42.8 Å². The van der Waals surface area contributed by atoms with E-state index in [1.54, 1.807) is 0 Å². The first-order chi connectivity index (χ1) is 15.5. The second kappa shape index (κ2) is 10.5. The second-order valence-corrected chi connectivity index (χ2v) is 9.70. The molecule has 0 N–H and O–H groups in total. The highest BCUT2D eigenvalue weighted by atomic mass is 35.5. The van der Waals surface area contributed by atoms with Gasteiger partial charge in [-0.15, -0.1) is 0 Å². The fourth-order valence-electron chi connectivity index (χ4n) is 4.77. The number of ether oxygens (including phenoxy) is 1. The third-order valence-corrected chi connectivity index (χ3v) is 7.81. The van der Waals surface area contributed by atoms with Crippen LogP contribution in [0.5, 0.6) is 5.75 Å². The van der Waals surface area contributed by atoms with E-state index in [-0.39, 0.29) is 12.0 Å². The number of amides is 1. The van der Waals surface area contributed by atoms with Gasteiger partial charge < -0.3 is 9.64 Å². The monoisotopic (exact) mass is 474 g/mol. The molecule has 2 fully saturated rings. The molecule has 6 heteroatoms. The molecule has 32 heavy (non-hydrogen) atoms. The SMILES string of the molecule is CCc1ccc(C(=O)N2CCC(N3CCC(Oc4ccc(Cl)c(C)c4Cl)CC3)CC2)cc1. The molecule has 0 bridgehead atoms. The van der Waals surface area contributed by atoms with E-state index in [9.17, 15) is 4.79 Å². The molecule has 2 heterocycles. The first kappa shape index (κ1) is 23.4. The van der Waals surface area contributed by atoms with Crippen molar-refractivity contribution in [1.29, 1.82) is 0 Å². The first-order valence-corrected chi connectivity index (χ1v) is 12.5. The number of likely N-dealkylation sites (tertiary alicyclic amines) is 2. The summed E-state index contributed by atoms with van der Waals surface area (Å²) in [6, 6.07) is 12.3. The van der Waals surface area contributed by atoms with Crippen LogP contribution in [0.15, 0.2) is 36.4 Å². The number of carbonyl (C=O) groups is 1. The predicted octanol–water partition coefficient (Wildman–Crippen LogP) is 6.01. The smallest absolute Gasteiger partial charge is 0.253 e. The summed E-state index contributed by atoms with van der Waals surface area (Å²) < 4.78 is 6.20. The van der Waals surface area contributed by atoms with E-state index in [2.05, 4.69) is 24.0 Å². The van der Waals surface area contributed by atoms with Crippen LogP contribution in [0.1, 0.15) is 54.1 Å². The molecule has 2 aromatic rings. The Bertz CT molecular complexity index is 932. The number of carbonyl (C=O) groups excluding carboxylic acids is 1. The fourth-order valence-corrected chi connectivity index (χ4v) is 5.18. The Labute approximate surface area is 201 Å². The molecule has 172 valence electrons. The van der Waals surface area contributed by atoms with Gasteiger partial charge in [-0.1, -0.05) is 42.3 Å². The van der Waals surface area contributed by atoms with E-state index in [0.717, 1.165) is 75.2 Å². The number of rotatable bonds is 5. The summed E-state index contributed by atoms with van der Waals surface area (Å²) >= 11 is 12.6. The largest absolute Gasteiger partial charge is 0.489 e. The number of piperidine rings is 2. The molecule has 2 aliphatic rings. The minimum atomic E-state index is 0.161. The van der Waals surface area contributed by atoms with Crippen LogP contribution in [-0.2, 0) is 6.42 Å². The highest BCUT2D eigenvalue weighted by molar-refractivity contribution is 6.36. The lowest BCUT2D eigenvalue weighted by atomic mass is 9.98. The maximum atomic E-state index is 12.8. The van der Waals surface area contributed by atoms with Crippen molar-refractivity contribution < 1.29 is 9.53 Å². The fraction of sp³-hybridized carbons (Fsp3) is 0.500. The Morgan fingerprint density at radius 3 is 2.25 bits per heavy atom. The van der Waals surface area contributed by atoms with Crippen molar-refractivity contribution in [2.75, 3.05) is 26.2 Å². The minimum absolute atomic E-state index is 0.161. The summed E-state index contributed by atoms with van der Waals surface area (Å²) in [7, 11) is 0. The van der Waals surface area contributed by atoms with Crippen molar-refractivity contribution in [2.24, 2.45) is 0 Å².